The summed E-state index contributed by atoms with van der Waals surface area (Å²) in [6.45, 7) is 11.1. The van der Waals surface area contributed by atoms with Crippen molar-refractivity contribution in [2.24, 2.45) is 0 Å². The molecule has 0 radical (unpaired) electrons. The summed E-state index contributed by atoms with van der Waals surface area (Å²) >= 11 is 0. The molecule has 16 heavy (non-hydrogen) atoms. The fourth-order valence-electron chi connectivity index (χ4n) is 1.70. The summed E-state index contributed by atoms with van der Waals surface area (Å²) in [5.74, 6) is 0. The van der Waals surface area contributed by atoms with Gasteiger partial charge >= 0.3 is 0 Å². The highest BCUT2D eigenvalue weighted by Gasteiger charge is 2.12. The predicted octanol–water partition coefficient (Wildman–Crippen LogP) is 4.88. The van der Waals surface area contributed by atoms with Crippen molar-refractivity contribution >= 4 is 0 Å². The number of rotatable bonds is 3. The topological polar surface area (TPSA) is 0 Å². The van der Waals surface area contributed by atoms with Crippen molar-refractivity contribution in [2.45, 2.75) is 52.9 Å². The Morgan fingerprint density at radius 1 is 1.06 bits per heavy atom. The molecule has 0 aromatic heterocycles. The SMILES string of the molecule is CC(C)=CCCc1ccc(C(C)(C)C)cc1. The average molecular weight is 216 g/mol. The van der Waals surface area contributed by atoms with Crippen molar-refractivity contribution in [2.75, 3.05) is 0 Å². The van der Waals surface area contributed by atoms with Crippen LogP contribution in [0.1, 0.15) is 52.2 Å². The van der Waals surface area contributed by atoms with Crippen molar-refractivity contribution in [3.05, 3.63) is 47.0 Å². The number of hydrogen-bond acceptors (Lipinski definition) is 0. The van der Waals surface area contributed by atoms with Gasteiger partial charge in [-0.1, -0.05) is 56.7 Å². The van der Waals surface area contributed by atoms with E-state index >= 15 is 0 Å². The Bertz CT molecular complexity index is 343. The largest absolute Gasteiger partial charge is 0.0856 e. The molecule has 1 aromatic carbocycles. The molecule has 0 bridgehead atoms. The van der Waals surface area contributed by atoms with E-state index in [4.69, 9.17) is 0 Å². The van der Waals surface area contributed by atoms with E-state index in [-0.39, 0.29) is 5.41 Å². The van der Waals surface area contributed by atoms with Crippen LogP contribution in [0.25, 0.3) is 0 Å². The van der Waals surface area contributed by atoms with Crippen LogP contribution in [0.5, 0.6) is 0 Å². The molecule has 0 fully saturated rings. The molecule has 0 saturated carbocycles. The molecule has 0 N–H and O–H groups in total. The van der Waals surface area contributed by atoms with Crippen LogP contribution in [0.4, 0.5) is 0 Å². The first-order chi connectivity index (χ1) is 7.39. The van der Waals surface area contributed by atoms with E-state index < -0.39 is 0 Å². The maximum atomic E-state index is 2.30. The van der Waals surface area contributed by atoms with E-state index in [1.54, 1.807) is 0 Å². The van der Waals surface area contributed by atoms with Crippen molar-refractivity contribution in [1.29, 1.82) is 0 Å². The number of benzene rings is 1. The monoisotopic (exact) mass is 216 g/mol. The van der Waals surface area contributed by atoms with Crippen LogP contribution < -0.4 is 0 Å². The minimum Gasteiger partial charge on any atom is -0.0856 e. The van der Waals surface area contributed by atoms with Crippen molar-refractivity contribution < 1.29 is 0 Å². The third-order valence-electron chi connectivity index (χ3n) is 2.81. The maximum absolute atomic E-state index is 2.30. The molecule has 0 aliphatic rings. The molecule has 88 valence electrons. The summed E-state index contributed by atoms with van der Waals surface area (Å²) in [7, 11) is 0. The molecule has 0 heteroatoms. The van der Waals surface area contributed by atoms with Crippen LogP contribution in [0.2, 0.25) is 0 Å². The predicted molar refractivity (Wildman–Crippen MR) is 72.9 cm³/mol. The summed E-state index contributed by atoms with van der Waals surface area (Å²) < 4.78 is 0. The van der Waals surface area contributed by atoms with Crippen LogP contribution in [-0.2, 0) is 11.8 Å². The van der Waals surface area contributed by atoms with Gasteiger partial charge in [0.25, 0.3) is 0 Å². The summed E-state index contributed by atoms with van der Waals surface area (Å²) in [5.41, 5.74) is 4.52. The Hall–Kier alpha value is -1.04. The number of allylic oxidation sites excluding steroid dienone is 2. The first-order valence-electron chi connectivity index (χ1n) is 6.12. The van der Waals surface area contributed by atoms with Gasteiger partial charge in [0.1, 0.15) is 0 Å². The molecule has 0 spiro atoms. The van der Waals surface area contributed by atoms with Crippen LogP contribution in [-0.4, -0.2) is 0 Å². The molecule has 0 amide bonds. The number of hydrogen-bond donors (Lipinski definition) is 0. The highest BCUT2D eigenvalue weighted by Crippen LogP contribution is 2.22. The van der Waals surface area contributed by atoms with E-state index in [1.165, 1.54) is 16.7 Å². The first kappa shape index (κ1) is 13.0. The molecule has 1 aromatic rings. The molecule has 0 atom stereocenters. The van der Waals surface area contributed by atoms with E-state index in [2.05, 4.69) is 65.0 Å². The smallest absolute Gasteiger partial charge is 0.0132 e. The quantitative estimate of drug-likeness (QED) is 0.631. The minimum absolute atomic E-state index is 0.262. The second-order valence-corrected chi connectivity index (χ2v) is 5.77. The molecule has 0 heterocycles. The summed E-state index contributed by atoms with van der Waals surface area (Å²) in [6.07, 6.45) is 4.60. The van der Waals surface area contributed by atoms with E-state index in [1.807, 2.05) is 0 Å². The maximum Gasteiger partial charge on any atom is -0.0132 e. The van der Waals surface area contributed by atoms with Crippen molar-refractivity contribution in [1.82, 2.24) is 0 Å². The molecular formula is C16H24. The Morgan fingerprint density at radius 2 is 1.62 bits per heavy atom. The molecule has 0 aliphatic carbocycles. The summed E-state index contributed by atoms with van der Waals surface area (Å²) in [6, 6.07) is 9.05. The van der Waals surface area contributed by atoms with Gasteiger partial charge in [0.2, 0.25) is 0 Å². The minimum atomic E-state index is 0.262. The molecular weight excluding hydrogens is 192 g/mol. The van der Waals surface area contributed by atoms with Gasteiger partial charge in [0.15, 0.2) is 0 Å². The van der Waals surface area contributed by atoms with Gasteiger partial charge in [-0.05, 0) is 43.2 Å². The lowest BCUT2D eigenvalue weighted by Crippen LogP contribution is -2.10. The zero-order chi connectivity index (χ0) is 12.2. The number of aryl methyl sites for hydroxylation is 1. The van der Waals surface area contributed by atoms with Gasteiger partial charge in [-0.25, -0.2) is 0 Å². The van der Waals surface area contributed by atoms with Gasteiger partial charge in [0.05, 0.1) is 0 Å². The van der Waals surface area contributed by atoms with Gasteiger partial charge < -0.3 is 0 Å². The van der Waals surface area contributed by atoms with Crippen LogP contribution in [0.15, 0.2) is 35.9 Å². The zero-order valence-electron chi connectivity index (χ0n) is 11.3. The lowest BCUT2D eigenvalue weighted by atomic mass is 9.86. The third-order valence-corrected chi connectivity index (χ3v) is 2.81. The Kier molecular flexibility index (Phi) is 4.35. The van der Waals surface area contributed by atoms with Gasteiger partial charge in [-0.2, -0.15) is 0 Å². The van der Waals surface area contributed by atoms with Crippen LogP contribution in [0, 0.1) is 0 Å². The summed E-state index contributed by atoms with van der Waals surface area (Å²) in [4.78, 5) is 0. The lowest BCUT2D eigenvalue weighted by Gasteiger charge is -2.19. The molecule has 0 nitrogen and oxygen atoms in total. The fraction of sp³-hybridized carbons (Fsp3) is 0.500. The standard InChI is InChI=1S/C16H24/c1-13(2)7-6-8-14-9-11-15(12-10-14)16(3,4)5/h7,9-12H,6,8H2,1-5H3. The highest BCUT2D eigenvalue weighted by atomic mass is 14.2. The summed E-state index contributed by atoms with van der Waals surface area (Å²) in [5, 5.41) is 0. The van der Waals surface area contributed by atoms with Gasteiger partial charge in [0, 0.05) is 0 Å². The first-order valence-corrected chi connectivity index (χ1v) is 6.12. The average Bonchev–Trinajstić information content (AvgIpc) is 2.16. The lowest BCUT2D eigenvalue weighted by molar-refractivity contribution is 0.590. The van der Waals surface area contributed by atoms with Crippen LogP contribution >= 0.6 is 0 Å². The molecule has 0 aliphatic heterocycles. The Balaban J connectivity index is 2.62. The van der Waals surface area contributed by atoms with Gasteiger partial charge in [-0.15, -0.1) is 0 Å². The van der Waals surface area contributed by atoms with E-state index in [0.29, 0.717) is 0 Å². The van der Waals surface area contributed by atoms with E-state index in [0.717, 1.165) is 12.8 Å². The molecule has 0 unspecified atom stereocenters. The second kappa shape index (κ2) is 5.34. The van der Waals surface area contributed by atoms with E-state index in [9.17, 15) is 0 Å². The Labute approximate surface area is 100 Å². The molecule has 1 rings (SSSR count). The van der Waals surface area contributed by atoms with Crippen molar-refractivity contribution in [3.8, 4) is 0 Å². The second-order valence-electron chi connectivity index (χ2n) is 5.77. The van der Waals surface area contributed by atoms with Gasteiger partial charge in [-0.3, -0.25) is 0 Å². The highest BCUT2D eigenvalue weighted by molar-refractivity contribution is 5.27. The van der Waals surface area contributed by atoms with Crippen molar-refractivity contribution in [3.63, 3.8) is 0 Å². The fourth-order valence-corrected chi connectivity index (χ4v) is 1.70. The third kappa shape index (κ3) is 4.22. The Morgan fingerprint density at radius 3 is 2.06 bits per heavy atom. The normalized spacial score (nSPS) is 11.3. The van der Waals surface area contributed by atoms with Crippen LogP contribution in [0.3, 0.4) is 0 Å². The zero-order valence-corrected chi connectivity index (χ0v) is 11.3. The molecule has 0 saturated heterocycles.